The summed E-state index contributed by atoms with van der Waals surface area (Å²) in [6.07, 6.45) is 0. The molecule has 0 saturated carbocycles. The molecule has 0 bridgehead atoms. The van der Waals surface area contributed by atoms with Crippen molar-refractivity contribution in [3.63, 3.8) is 0 Å². The standard InChI is InChI=1S/C14H14N2S2/c1-10(15-9-11-5-4-8-17-11)14-16-12-6-2-3-7-13(12)18-14/h2-8,10,15H,9H2,1H3. The fraction of sp³-hybridized carbons (Fsp3) is 0.214. The summed E-state index contributed by atoms with van der Waals surface area (Å²) in [6, 6.07) is 12.8. The van der Waals surface area contributed by atoms with E-state index in [1.807, 2.05) is 6.07 Å². The van der Waals surface area contributed by atoms with Gasteiger partial charge in [-0.1, -0.05) is 18.2 Å². The van der Waals surface area contributed by atoms with Crippen molar-refractivity contribution in [2.45, 2.75) is 19.5 Å². The van der Waals surface area contributed by atoms with E-state index in [0.29, 0.717) is 6.04 Å². The van der Waals surface area contributed by atoms with E-state index >= 15 is 0 Å². The summed E-state index contributed by atoms with van der Waals surface area (Å²) in [6.45, 7) is 3.08. The molecule has 1 atom stereocenters. The van der Waals surface area contributed by atoms with E-state index in [9.17, 15) is 0 Å². The van der Waals surface area contributed by atoms with E-state index in [-0.39, 0.29) is 0 Å². The summed E-state index contributed by atoms with van der Waals surface area (Å²) in [5.74, 6) is 0. The predicted octanol–water partition coefficient (Wildman–Crippen LogP) is 4.21. The number of benzene rings is 1. The highest BCUT2D eigenvalue weighted by Crippen LogP contribution is 2.26. The molecule has 0 radical (unpaired) electrons. The number of thiazole rings is 1. The summed E-state index contributed by atoms with van der Waals surface area (Å²) in [5, 5.41) is 6.79. The summed E-state index contributed by atoms with van der Waals surface area (Å²) < 4.78 is 1.26. The Bertz CT molecular complexity index is 595. The third-order valence-electron chi connectivity index (χ3n) is 2.84. The van der Waals surface area contributed by atoms with Gasteiger partial charge in [0, 0.05) is 11.4 Å². The Labute approximate surface area is 114 Å². The second-order valence-corrected chi connectivity index (χ2v) is 6.30. The zero-order chi connectivity index (χ0) is 12.4. The summed E-state index contributed by atoms with van der Waals surface area (Å²) in [5.41, 5.74) is 1.10. The second-order valence-electron chi connectivity index (χ2n) is 4.20. The fourth-order valence-electron chi connectivity index (χ4n) is 1.83. The van der Waals surface area contributed by atoms with Crippen molar-refractivity contribution in [3.8, 4) is 0 Å². The maximum absolute atomic E-state index is 4.67. The molecule has 0 spiro atoms. The molecule has 18 heavy (non-hydrogen) atoms. The van der Waals surface area contributed by atoms with Crippen LogP contribution in [0.15, 0.2) is 41.8 Å². The normalized spacial score (nSPS) is 12.9. The van der Waals surface area contributed by atoms with Gasteiger partial charge < -0.3 is 5.32 Å². The summed E-state index contributed by atoms with van der Waals surface area (Å²) >= 11 is 3.56. The quantitative estimate of drug-likeness (QED) is 0.771. The van der Waals surface area contributed by atoms with Crippen LogP contribution >= 0.6 is 22.7 Å². The molecule has 1 N–H and O–H groups in total. The van der Waals surface area contributed by atoms with Gasteiger partial charge in [-0.15, -0.1) is 22.7 Å². The SMILES string of the molecule is CC(NCc1cccs1)c1nc2ccccc2s1. The molecular formula is C14H14N2S2. The highest BCUT2D eigenvalue weighted by molar-refractivity contribution is 7.18. The Balaban J connectivity index is 1.73. The van der Waals surface area contributed by atoms with Gasteiger partial charge in [0.2, 0.25) is 0 Å². The van der Waals surface area contributed by atoms with Gasteiger partial charge in [0.25, 0.3) is 0 Å². The molecule has 2 heterocycles. The van der Waals surface area contributed by atoms with Gasteiger partial charge in [-0.05, 0) is 30.5 Å². The average molecular weight is 274 g/mol. The first kappa shape index (κ1) is 11.8. The molecule has 2 nitrogen and oxygen atoms in total. The van der Waals surface area contributed by atoms with Crippen LogP contribution in [-0.2, 0) is 6.54 Å². The van der Waals surface area contributed by atoms with E-state index < -0.39 is 0 Å². The van der Waals surface area contributed by atoms with Crippen LogP contribution in [0.5, 0.6) is 0 Å². The molecular weight excluding hydrogens is 260 g/mol. The highest BCUT2D eigenvalue weighted by Gasteiger charge is 2.10. The molecule has 0 amide bonds. The van der Waals surface area contributed by atoms with Gasteiger partial charge in [0.15, 0.2) is 0 Å². The first-order valence-electron chi connectivity index (χ1n) is 5.94. The molecule has 0 aliphatic rings. The Morgan fingerprint density at radius 1 is 1.22 bits per heavy atom. The van der Waals surface area contributed by atoms with Gasteiger partial charge in [-0.3, -0.25) is 0 Å². The fourth-order valence-corrected chi connectivity index (χ4v) is 3.48. The van der Waals surface area contributed by atoms with Crippen LogP contribution in [-0.4, -0.2) is 4.98 Å². The maximum Gasteiger partial charge on any atom is 0.111 e. The van der Waals surface area contributed by atoms with E-state index in [2.05, 4.69) is 52.9 Å². The number of nitrogens with zero attached hydrogens (tertiary/aromatic N) is 1. The minimum Gasteiger partial charge on any atom is -0.303 e. The van der Waals surface area contributed by atoms with E-state index in [1.165, 1.54) is 9.58 Å². The van der Waals surface area contributed by atoms with E-state index in [0.717, 1.165) is 17.1 Å². The van der Waals surface area contributed by atoms with Gasteiger partial charge in [0.05, 0.1) is 16.3 Å². The van der Waals surface area contributed by atoms with Crippen LogP contribution in [0, 0.1) is 0 Å². The molecule has 92 valence electrons. The lowest BCUT2D eigenvalue weighted by Crippen LogP contribution is -2.17. The number of thiophene rings is 1. The first-order chi connectivity index (χ1) is 8.83. The van der Waals surface area contributed by atoms with Gasteiger partial charge in [-0.25, -0.2) is 4.98 Å². The lowest BCUT2D eigenvalue weighted by Gasteiger charge is -2.09. The number of hydrogen-bond acceptors (Lipinski definition) is 4. The topological polar surface area (TPSA) is 24.9 Å². The van der Waals surface area contributed by atoms with Crippen molar-refractivity contribution in [2.75, 3.05) is 0 Å². The molecule has 0 fully saturated rings. The van der Waals surface area contributed by atoms with E-state index in [1.54, 1.807) is 22.7 Å². The maximum atomic E-state index is 4.67. The Morgan fingerprint density at radius 2 is 2.11 bits per heavy atom. The first-order valence-corrected chi connectivity index (χ1v) is 7.64. The molecule has 2 aromatic heterocycles. The van der Waals surface area contributed by atoms with Crippen LogP contribution in [0.4, 0.5) is 0 Å². The molecule has 0 aliphatic heterocycles. The Kier molecular flexibility index (Phi) is 3.41. The summed E-state index contributed by atoms with van der Waals surface area (Å²) in [7, 11) is 0. The second kappa shape index (κ2) is 5.18. The number of aromatic nitrogens is 1. The molecule has 3 aromatic rings. The molecule has 3 rings (SSSR count). The molecule has 1 unspecified atom stereocenters. The number of rotatable bonds is 4. The average Bonchev–Trinajstić information content (AvgIpc) is 3.04. The van der Waals surface area contributed by atoms with Gasteiger partial charge in [0.1, 0.15) is 5.01 Å². The molecule has 1 aromatic carbocycles. The van der Waals surface area contributed by atoms with Gasteiger partial charge in [-0.2, -0.15) is 0 Å². The van der Waals surface area contributed by atoms with Crippen molar-refractivity contribution in [2.24, 2.45) is 0 Å². The number of hydrogen-bond donors (Lipinski definition) is 1. The number of fused-ring (bicyclic) bond motifs is 1. The molecule has 4 heteroatoms. The minimum atomic E-state index is 0.296. The Morgan fingerprint density at radius 3 is 2.89 bits per heavy atom. The third-order valence-corrected chi connectivity index (χ3v) is 4.94. The third kappa shape index (κ3) is 2.46. The van der Waals surface area contributed by atoms with Crippen LogP contribution in [0.1, 0.15) is 22.9 Å². The van der Waals surface area contributed by atoms with Crippen molar-refractivity contribution in [1.29, 1.82) is 0 Å². The van der Waals surface area contributed by atoms with Crippen LogP contribution in [0.25, 0.3) is 10.2 Å². The zero-order valence-corrected chi connectivity index (χ0v) is 11.7. The summed E-state index contributed by atoms with van der Waals surface area (Å²) in [4.78, 5) is 6.04. The lowest BCUT2D eigenvalue weighted by atomic mass is 10.3. The van der Waals surface area contributed by atoms with Crippen molar-refractivity contribution in [3.05, 3.63) is 51.7 Å². The zero-order valence-electron chi connectivity index (χ0n) is 10.1. The van der Waals surface area contributed by atoms with Crippen LogP contribution in [0.2, 0.25) is 0 Å². The Hall–Kier alpha value is -1.23. The number of nitrogens with one attached hydrogen (secondary N) is 1. The minimum absolute atomic E-state index is 0.296. The number of para-hydroxylation sites is 1. The van der Waals surface area contributed by atoms with Crippen molar-refractivity contribution >= 4 is 32.9 Å². The van der Waals surface area contributed by atoms with Crippen LogP contribution in [0.3, 0.4) is 0 Å². The smallest absolute Gasteiger partial charge is 0.111 e. The van der Waals surface area contributed by atoms with Crippen LogP contribution < -0.4 is 5.32 Å². The largest absolute Gasteiger partial charge is 0.303 e. The predicted molar refractivity (Wildman–Crippen MR) is 79.2 cm³/mol. The lowest BCUT2D eigenvalue weighted by molar-refractivity contribution is 0.577. The van der Waals surface area contributed by atoms with Crippen molar-refractivity contribution in [1.82, 2.24) is 10.3 Å². The van der Waals surface area contributed by atoms with Crippen molar-refractivity contribution < 1.29 is 0 Å². The van der Waals surface area contributed by atoms with E-state index in [4.69, 9.17) is 0 Å². The monoisotopic (exact) mass is 274 g/mol. The molecule has 0 aliphatic carbocycles. The molecule has 0 saturated heterocycles. The highest BCUT2D eigenvalue weighted by atomic mass is 32.1. The van der Waals surface area contributed by atoms with Gasteiger partial charge >= 0.3 is 0 Å².